The zero-order valence-corrected chi connectivity index (χ0v) is 31.5. The number of nitrogens with one attached hydrogen (secondary N) is 2. The number of benzene rings is 3. The van der Waals surface area contributed by atoms with Gasteiger partial charge in [0.15, 0.2) is 5.65 Å². The molecule has 6 aromatic rings. The van der Waals surface area contributed by atoms with E-state index in [9.17, 15) is 14.0 Å². The zero-order valence-electron chi connectivity index (χ0n) is 31.5. The number of piperazine rings is 1. The number of carbonyl (C=O) groups excluding carboxylic acids is 2. The summed E-state index contributed by atoms with van der Waals surface area (Å²) < 4.78 is 20.8. The third kappa shape index (κ3) is 7.17. The molecule has 6 heterocycles. The van der Waals surface area contributed by atoms with Gasteiger partial charge in [-0.2, -0.15) is 5.10 Å². The highest BCUT2D eigenvalue weighted by Gasteiger charge is 2.28. The van der Waals surface area contributed by atoms with Crippen molar-refractivity contribution in [3.05, 3.63) is 113 Å². The number of halogens is 1. The van der Waals surface area contributed by atoms with Crippen molar-refractivity contribution in [2.24, 2.45) is 5.92 Å². The van der Waals surface area contributed by atoms with Crippen LogP contribution in [0.4, 0.5) is 21.7 Å². The Balaban J connectivity index is 0.832. The third-order valence-corrected chi connectivity index (χ3v) is 11.2. The highest BCUT2D eigenvalue weighted by atomic mass is 19.1. The number of nitrogens with zero attached hydrogens (tertiary/aromatic N) is 8. The summed E-state index contributed by atoms with van der Waals surface area (Å²) in [6.07, 6.45) is 4.37. The first-order valence-corrected chi connectivity index (χ1v) is 19.1. The molecule has 2 amide bonds. The van der Waals surface area contributed by atoms with Crippen LogP contribution in [0, 0.1) is 11.7 Å². The van der Waals surface area contributed by atoms with Crippen molar-refractivity contribution in [3.63, 3.8) is 0 Å². The molecule has 57 heavy (non-hydrogen) atoms. The normalized spacial score (nSPS) is 16.9. The molecule has 14 nitrogen and oxygen atoms in total. The Hall–Kier alpha value is -6.61. The molecule has 290 valence electrons. The van der Waals surface area contributed by atoms with E-state index in [1.165, 1.54) is 31.3 Å². The summed E-state index contributed by atoms with van der Waals surface area (Å²) in [6.45, 7) is 7.79. The number of aromatic nitrogens is 5. The van der Waals surface area contributed by atoms with Gasteiger partial charge in [0.2, 0.25) is 0 Å². The lowest BCUT2D eigenvalue weighted by molar-refractivity contribution is 0.0944. The van der Waals surface area contributed by atoms with Gasteiger partial charge in [0.25, 0.3) is 11.8 Å². The summed E-state index contributed by atoms with van der Waals surface area (Å²) in [4.78, 5) is 45.8. The Bertz CT molecular complexity index is 2470. The molecule has 1 atom stereocenters. The van der Waals surface area contributed by atoms with E-state index in [-0.39, 0.29) is 18.0 Å². The smallest absolute Gasteiger partial charge is 0.255 e. The van der Waals surface area contributed by atoms with Crippen molar-refractivity contribution >= 4 is 40.2 Å². The second-order valence-corrected chi connectivity index (χ2v) is 14.7. The first-order chi connectivity index (χ1) is 27.8. The van der Waals surface area contributed by atoms with E-state index in [1.54, 1.807) is 4.68 Å². The number of hydrogen-bond donors (Lipinski definition) is 3. The molecule has 3 aliphatic rings. The van der Waals surface area contributed by atoms with Gasteiger partial charge in [-0.05, 0) is 72.0 Å². The fourth-order valence-corrected chi connectivity index (χ4v) is 8.12. The van der Waals surface area contributed by atoms with E-state index in [0.29, 0.717) is 40.8 Å². The number of fused-ring (bicyclic) bond motifs is 2. The Labute approximate surface area is 328 Å². The SMILES string of the molecule is COc1ccc(F)cc1C(=O)NCc1ccc(-c2nn(-c3ccc(N4CCC(CN5CCN(c6ccc7c(c6)CNC7=O)CC5)C4)nc3)c3ncnc(N)c23)cc1. The molecule has 3 aromatic carbocycles. The Morgan fingerprint density at radius 1 is 0.947 bits per heavy atom. The van der Waals surface area contributed by atoms with Crippen molar-refractivity contribution in [3.8, 4) is 22.7 Å². The van der Waals surface area contributed by atoms with Crippen LogP contribution in [0.5, 0.6) is 5.75 Å². The molecular formula is C42H42FN11O3. The average molecular weight is 768 g/mol. The summed E-state index contributed by atoms with van der Waals surface area (Å²) >= 11 is 0. The van der Waals surface area contributed by atoms with Crippen LogP contribution in [0.3, 0.4) is 0 Å². The van der Waals surface area contributed by atoms with Gasteiger partial charge in [-0.1, -0.05) is 24.3 Å². The predicted molar refractivity (Wildman–Crippen MR) is 215 cm³/mol. The molecule has 15 heteroatoms. The molecule has 0 radical (unpaired) electrons. The quantitative estimate of drug-likeness (QED) is 0.181. The number of nitrogen functional groups attached to an aromatic ring is 1. The predicted octanol–water partition coefficient (Wildman–Crippen LogP) is 4.43. The number of ether oxygens (including phenoxy) is 1. The molecule has 4 N–H and O–H groups in total. The first-order valence-electron chi connectivity index (χ1n) is 19.1. The molecule has 2 saturated heterocycles. The molecule has 0 bridgehead atoms. The van der Waals surface area contributed by atoms with Crippen LogP contribution in [0.25, 0.3) is 28.0 Å². The Morgan fingerprint density at radius 2 is 1.77 bits per heavy atom. The number of nitrogens with two attached hydrogens (primary N) is 1. The lowest BCUT2D eigenvalue weighted by Gasteiger charge is -2.37. The third-order valence-electron chi connectivity index (χ3n) is 11.2. The van der Waals surface area contributed by atoms with Gasteiger partial charge in [-0.3, -0.25) is 14.5 Å². The van der Waals surface area contributed by atoms with Gasteiger partial charge in [0.05, 0.1) is 29.9 Å². The standard InChI is InChI=1S/C42H42FN11O3/c1-57-35-10-6-30(43)19-34(35)42(56)46-20-26-2-4-28(5-3-26)38-37-39(44)48-25-49-40(37)54(50-38)32-8-11-36(45-22-32)53-13-12-27(24-53)23-51-14-16-52(17-15-51)31-7-9-33-29(18-31)21-47-41(33)55/h2-11,18-19,22,25,27H,12-17,20-21,23-24H2,1H3,(H,46,56)(H,47,55)(H2,44,48,49). The van der Waals surface area contributed by atoms with E-state index in [4.69, 9.17) is 20.6 Å². The molecule has 2 fully saturated rings. The minimum absolute atomic E-state index is 0.0223. The zero-order chi connectivity index (χ0) is 39.0. The highest BCUT2D eigenvalue weighted by molar-refractivity contribution is 6.00. The number of methoxy groups -OCH3 is 1. The van der Waals surface area contributed by atoms with Crippen LogP contribution < -0.4 is 30.9 Å². The van der Waals surface area contributed by atoms with E-state index in [0.717, 1.165) is 92.1 Å². The molecule has 0 saturated carbocycles. The second-order valence-electron chi connectivity index (χ2n) is 14.7. The van der Waals surface area contributed by atoms with Crippen LogP contribution in [-0.4, -0.2) is 94.4 Å². The largest absolute Gasteiger partial charge is 0.496 e. The van der Waals surface area contributed by atoms with Crippen LogP contribution in [0.1, 0.15) is 38.3 Å². The van der Waals surface area contributed by atoms with Crippen molar-refractivity contribution in [1.29, 1.82) is 0 Å². The number of hydrogen-bond acceptors (Lipinski definition) is 11. The minimum atomic E-state index is -0.517. The van der Waals surface area contributed by atoms with Gasteiger partial charge in [0, 0.05) is 75.7 Å². The molecule has 0 aliphatic carbocycles. The van der Waals surface area contributed by atoms with Gasteiger partial charge < -0.3 is 30.9 Å². The van der Waals surface area contributed by atoms with E-state index < -0.39 is 11.7 Å². The van der Waals surface area contributed by atoms with Crippen LogP contribution in [0.15, 0.2) is 85.3 Å². The van der Waals surface area contributed by atoms with Crippen molar-refractivity contribution in [2.45, 2.75) is 19.5 Å². The summed E-state index contributed by atoms with van der Waals surface area (Å²) in [7, 11) is 1.44. The van der Waals surface area contributed by atoms with Crippen molar-refractivity contribution < 1.29 is 18.7 Å². The molecule has 3 aliphatic heterocycles. The maximum absolute atomic E-state index is 13.8. The first kappa shape index (κ1) is 36.1. The maximum atomic E-state index is 13.8. The van der Waals surface area contributed by atoms with Crippen molar-refractivity contribution in [1.82, 2.24) is 40.3 Å². The maximum Gasteiger partial charge on any atom is 0.255 e. The summed E-state index contributed by atoms with van der Waals surface area (Å²) in [5, 5.41) is 11.3. The molecule has 9 rings (SSSR count). The van der Waals surface area contributed by atoms with Crippen LogP contribution in [0.2, 0.25) is 0 Å². The second kappa shape index (κ2) is 15.1. The number of rotatable bonds is 10. The minimum Gasteiger partial charge on any atom is -0.496 e. The Morgan fingerprint density at radius 3 is 2.56 bits per heavy atom. The fraction of sp³-hybridized carbons (Fsp3) is 0.286. The van der Waals surface area contributed by atoms with Crippen LogP contribution >= 0.6 is 0 Å². The van der Waals surface area contributed by atoms with Gasteiger partial charge in [0.1, 0.15) is 35.2 Å². The fourth-order valence-electron chi connectivity index (χ4n) is 8.12. The van der Waals surface area contributed by atoms with E-state index in [2.05, 4.69) is 47.4 Å². The lowest BCUT2D eigenvalue weighted by Crippen LogP contribution is -2.48. The number of carbonyl (C=O) groups is 2. The number of anilines is 3. The van der Waals surface area contributed by atoms with Gasteiger partial charge in [-0.25, -0.2) is 24.0 Å². The monoisotopic (exact) mass is 767 g/mol. The van der Waals surface area contributed by atoms with Crippen LogP contribution in [-0.2, 0) is 13.1 Å². The molecule has 1 unspecified atom stereocenters. The molecule has 3 aromatic heterocycles. The average Bonchev–Trinajstić information content (AvgIpc) is 3.98. The Kier molecular flexibility index (Phi) is 9.58. The van der Waals surface area contributed by atoms with Gasteiger partial charge >= 0.3 is 0 Å². The summed E-state index contributed by atoms with van der Waals surface area (Å²) in [5.74, 6) is 1.17. The molecular weight excluding hydrogens is 726 g/mol. The number of amides is 2. The number of pyridine rings is 1. The van der Waals surface area contributed by atoms with Gasteiger partial charge in [-0.15, -0.1) is 0 Å². The highest BCUT2D eigenvalue weighted by Crippen LogP contribution is 2.33. The lowest BCUT2D eigenvalue weighted by atomic mass is 10.1. The molecule has 0 spiro atoms. The summed E-state index contributed by atoms with van der Waals surface area (Å²) in [6, 6.07) is 21.7. The topological polar surface area (TPSA) is 160 Å². The summed E-state index contributed by atoms with van der Waals surface area (Å²) in [5.41, 5.74) is 13.2. The van der Waals surface area contributed by atoms with E-state index >= 15 is 0 Å². The van der Waals surface area contributed by atoms with Crippen molar-refractivity contribution in [2.75, 3.05) is 68.5 Å². The van der Waals surface area contributed by atoms with E-state index in [1.807, 2.05) is 48.7 Å².